The number of benzene rings is 2. The van der Waals surface area contributed by atoms with Crippen molar-refractivity contribution in [1.29, 1.82) is 0 Å². The van der Waals surface area contributed by atoms with Crippen LogP contribution in [-0.4, -0.2) is 11.1 Å². The highest BCUT2D eigenvalue weighted by Gasteiger charge is 2.11. The summed E-state index contributed by atoms with van der Waals surface area (Å²) in [6.07, 6.45) is 0. The lowest BCUT2D eigenvalue weighted by Gasteiger charge is -2.12. The van der Waals surface area contributed by atoms with Gasteiger partial charge in [0, 0.05) is 5.56 Å². The van der Waals surface area contributed by atoms with Crippen molar-refractivity contribution in [2.45, 2.75) is 20.5 Å². The van der Waals surface area contributed by atoms with Gasteiger partial charge in [-0.05, 0) is 49.2 Å². The molecule has 0 radical (unpaired) electrons. The van der Waals surface area contributed by atoms with Crippen LogP contribution in [0.3, 0.4) is 0 Å². The molecule has 4 heteroatoms. The molecule has 0 saturated heterocycles. The first-order valence-corrected chi connectivity index (χ1v) is 6.20. The summed E-state index contributed by atoms with van der Waals surface area (Å²) >= 11 is 0. The van der Waals surface area contributed by atoms with E-state index in [2.05, 4.69) is 0 Å². The molecule has 0 fully saturated rings. The molecule has 2 aromatic rings. The van der Waals surface area contributed by atoms with E-state index in [1.54, 1.807) is 25.1 Å². The molecule has 3 nitrogen and oxygen atoms in total. The van der Waals surface area contributed by atoms with Crippen LogP contribution in [0.2, 0.25) is 0 Å². The molecule has 2 rings (SSSR count). The zero-order valence-corrected chi connectivity index (χ0v) is 11.3. The summed E-state index contributed by atoms with van der Waals surface area (Å²) in [4.78, 5) is 11.0. The average Bonchev–Trinajstić information content (AvgIpc) is 2.39. The first-order valence-electron chi connectivity index (χ1n) is 6.20. The molecule has 2 aromatic carbocycles. The highest BCUT2D eigenvalue weighted by Crippen LogP contribution is 2.23. The standard InChI is InChI=1S/C16H15FO3/c1-10-8-13(17)7-6-12(10)9-20-15-5-3-4-14(11(15)2)16(18)19/h3-8H,9H2,1-2H3,(H,18,19). The van der Waals surface area contributed by atoms with E-state index in [1.807, 2.05) is 6.92 Å². The number of carboxylic acids is 1. The van der Waals surface area contributed by atoms with E-state index in [4.69, 9.17) is 9.84 Å². The molecule has 1 N–H and O–H groups in total. The summed E-state index contributed by atoms with van der Waals surface area (Å²) < 4.78 is 18.7. The molecule has 0 unspecified atom stereocenters. The van der Waals surface area contributed by atoms with Gasteiger partial charge in [-0.25, -0.2) is 9.18 Å². The highest BCUT2D eigenvalue weighted by molar-refractivity contribution is 5.90. The molecule has 0 aliphatic rings. The maximum Gasteiger partial charge on any atom is 0.336 e. The summed E-state index contributed by atoms with van der Waals surface area (Å²) in [6, 6.07) is 9.39. The number of carbonyl (C=O) groups is 1. The molecule has 104 valence electrons. The van der Waals surface area contributed by atoms with Crippen LogP contribution in [-0.2, 0) is 6.61 Å². The number of aryl methyl sites for hydroxylation is 1. The Kier molecular flexibility index (Phi) is 4.03. The third-order valence-corrected chi connectivity index (χ3v) is 3.20. The Bertz CT molecular complexity index is 650. The maximum atomic E-state index is 13.0. The molecule has 0 atom stereocenters. The Morgan fingerprint density at radius 1 is 1.25 bits per heavy atom. The quantitative estimate of drug-likeness (QED) is 0.924. The maximum absolute atomic E-state index is 13.0. The molecule has 0 aliphatic carbocycles. The number of halogens is 1. The SMILES string of the molecule is Cc1cc(F)ccc1COc1cccc(C(=O)O)c1C. The Hall–Kier alpha value is -2.36. The van der Waals surface area contributed by atoms with E-state index in [0.717, 1.165) is 11.1 Å². The van der Waals surface area contributed by atoms with Crippen molar-refractivity contribution >= 4 is 5.97 Å². The monoisotopic (exact) mass is 274 g/mol. The number of hydrogen-bond donors (Lipinski definition) is 1. The second-order valence-electron chi connectivity index (χ2n) is 4.59. The van der Waals surface area contributed by atoms with Gasteiger partial charge in [-0.1, -0.05) is 12.1 Å². The van der Waals surface area contributed by atoms with Gasteiger partial charge in [-0.15, -0.1) is 0 Å². The first kappa shape index (κ1) is 14.1. The third kappa shape index (κ3) is 2.96. The van der Waals surface area contributed by atoms with E-state index in [0.29, 0.717) is 11.3 Å². The van der Waals surface area contributed by atoms with Crippen molar-refractivity contribution in [3.05, 3.63) is 64.5 Å². The van der Waals surface area contributed by atoms with Crippen molar-refractivity contribution in [3.63, 3.8) is 0 Å². The molecule has 0 heterocycles. The molecule has 20 heavy (non-hydrogen) atoms. The van der Waals surface area contributed by atoms with Crippen LogP contribution in [0, 0.1) is 19.7 Å². The lowest BCUT2D eigenvalue weighted by molar-refractivity contribution is 0.0695. The van der Waals surface area contributed by atoms with E-state index < -0.39 is 5.97 Å². The molecule has 0 amide bonds. The molecule has 0 aliphatic heterocycles. The number of hydrogen-bond acceptors (Lipinski definition) is 2. The Balaban J connectivity index is 2.19. The number of ether oxygens (including phenoxy) is 1. The molecular formula is C16H15FO3. The molecule has 0 aromatic heterocycles. The van der Waals surface area contributed by atoms with E-state index in [9.17, 15) is 9.18 Å². The molecular weight excluding hydrogens is 259 g/mol. The molecule has 0 bridgehead atoms. The van der Waals surface area contributed by atoms with Gasteiger partial charge in [0.05, 0.1) is 5.56 Å². The van der Waals surface area contributed by atoms with Crippen LogP contribution in [0.4, 0.5) is 4.39 Å². The van der Waals surface area contributed by atoms with Gasteiger partial charge in [0.15, 0.2) is 0 Å². The van der Waals surface area contributed by atoms with E-state index >= 15 is 0 Å². The predicted octanol–water partition coefficient (Wildman–Crippen LogP) is 3.72. The van der Waals surface area contributed by atoms with Crippen LogP contribution in [0.25, 0.3) is 0 Å². The Morgan fingerprint density at radius 3 is 2.65 bits per heavy atom. The first-order chi connectivity index (χ1) is 9.49. The van der Waals surface area contributed by atoms with Gasteiger partial charge < -0.3 is 9.84 Å². The largest absolute Gasteiger partial charge is 0.489 e. The zero-order chi connectivity index (χ0) is 14.7. The van der Waals surface area contributed by atoms with Gasteiger partial charge in [0.2, 0.25) is 0 Å². The van der Waals surface area contributed by atoms with Crippen LogP contribution in [0.15, 0.2) is 36.4 Å². The minimum atomic E-state index is -0.981. The van der Waals surface area contributed by atoms with Crippen molar-refractivity contribution < 1.29 is 19.0 Å². The summed E-state index contributed by atoms with van der Waals surface area (Å²) in [5, 5.41) is 9.05. The minimum Gasteiger partial charge on any atom is -0.489 e. The highest BCUT2D eigenvalue weighted by atomic mass is 19.1. The normalized spacial score (nSPS) is 10.3. The van der Waals surface area contributed by atoms with Gasteiger partial charge in [0.25, 0.3) is 0 Å². The molecule has 0 saturated carbocycles. The second-order valence-corrected chi connectivity index (χ2v) is 4.59. The van der Waals surface area contributed by atoms with Crippen molar-refractivity contribution in [2.24, 2.45) is 0 Å². The van der Waals surface area contributed by atoms with Gasteiger partial charge in [0.1, 0.15) is 18.2 Å². The lowest BCUT2D eigenvalue weighted by atomic mass is 10.1. The van der Waals surface area contributed by atoms with E-state index in [-0.39, 0.29) is 18.0 Å². The average molecular weight is 274 g/mol. The number of rotatable bonds is 4. The third-order valence-electron chi connectivity index (χ3n) is 3.20. The van der Waals surface area contributed by atoms with Crippen LogP contribution >= 0.6 is 0 Å². The summed E-state index contributed by atoms with van der Waals surface area (Å²) in [6.45, 7) is 3.79. The lowest BCUT2D eigenvalue weighted by Crippen LogP contribution is -2.04. The predicted molar refractivity (Wildman–Crippen MR) is 73.6 cm³/mol. The fourth-order valence-electron chi connectivity index (χ4n) is 1.98. The Labute approximate surface area is 116 Å². The van der Waals surface area contributed by atoms with Crippen molar-refractivity contribution in [3.8, 4) is 5.75 Å². The zero-order valence-electron chi connectivity index (χ0n) is 11.3. The number of carboxylic acid groups (broad SMARTS) is 1. The minimum absolute atomic E-state index is 0.221. The summed E-state index contributed by atoms with van der Waals surface area (Å²) in [5.74, 6) is -0.741. The topological polar surface area (TPSA) is 46.5 Å². The van der Waals surface area contributed by atoms with Crippen molar-refractivity contribution in [1.82, 2.24) is 0 Å². The number of aromatic carboxylic acids is 1. The van der Waals surface area contributed by atoms with Gasteiger partial charge in [-0.2, -0.15) is 0 Å². The van der Waals surface area contributed by atoms with Crippen LogP contribution in [0.1, 0.15) is 27.0 Å². The Morgan fingerprint density at radius 2 is 2.00 bits per heavy atom. The summed E-state index contributed by atoms with van der Waals surface area (Å²) in [5.41, 5.74) is 2.47. The van der Waals surface area contributed by atoms with Crippen LogP contribution < -0.4 is 4.74 Å². The van der Waals surface area contributed by atoms with E-state index in [1.165, 1.54) is 18.2 Å². The molecule has 0 spiro atoms. The van der Waals surface area contributed by atoms with Crippen LogP contribution in [0.5, 0.6) is 5.75 Å². The fourth-order valence-corrected chi connectivity index (χ4v) is 1.98. The second kappa shape index (κ2) is 5.74. The van der Waals surface area contributed by atoms with Gasteiger partial charge in [-0.3, -0.25) is 0 Å². The van der Waals surface area contributed by atoms with Crippen molar-refractivity contribution in [2.75, 3.05) is 0 Å². The fraction of sp³-hybridized carbons (Fsp3) is 0.188. The smallest absolute Gasteiger partial charge is 0.336 e. The summed E-state index contributed by atoms with van der Waals surface area (Å²) in [7, 11) is 0. The van der Waals surface area contributed by atoms with Gasteiger partial charge >= 0.3 is 5.97 Å².